The summed E-state index contributed by atoms with van der Waals surface area (Å²) >= 11 is 0. The van der Waals surface area contributed by atoms with Crippen molar-refractivity contribution in [3.05, 3.63) is 48.2 Å². The molecule has 0 aliphatic heterocycles. The van der Waals surface area contributed by atoms with Gasteiger partial charge in [-0.15, -0.1) is 5.10 Å². The van der Waals surface area contributed by atoms with Crippen LogP contribution in [0.4, 0.5) is 18.9 Å². The Morgan fingerprint density at radius 1 is 1.10 bits per heavy atom. The lowest BCUT2D eigenvalue weighted by molar-refractivity contribution is -0.139. The molecule has 8 nitrogen and oxygen atoms in total. The molecule has 2 aromatic carbocycles. The highest BCUT2D eigenvalue weighted by Gasteiger charge is 2.39. The van der Waals surface area contributed by atoms with E-state index in [1.807, 2.05) is 0 Å². The molecule has 154 valence electrons. The minimum absolute atomic E-state index is 0.187. The summed E-state index contributed by atoms with van der Waals surface area (Å²) in [6.45, 7) is 0. The summed E-state index contributed by atoms with van der Waals surface area (Å²) in [7, 11) is -4.33. The first-order valence-corrected chi connectivity index (χ1v) is 10.3. The summed E-state index contributed by atoms with van der Waals surface area (Å²) in [6, 6.07) is 8.37. The number of rotatable bonds is 3. The van der Waals surface area contributed by atoms with Gasteiger partial charge in [0, 0.05) is 29.1 Å². The van der Waals surface area contributed by atoms with Gasteiger partial charge in [0.05, 0.1) is 16.0 Å². The Morgan fingerprint density at radius 2 is 1.87 bits per heavy atom. The molecular formula is C18H13F3N6O2S. The number of nitrogens with one attached hydrogen (secondary N) is 1. The molecule has 3 N–H and O–H groups in total. The van der Waals surface area contributed by atoms with E-state index in [-0.39, 0.29) is 17.0 Å². The Labute approximate surface area is 167 Å². The van der Waals surface area contributed by atoms with Gasteiger partial charge in [0.1, 0.15) is 0 Å². The molecule has 0 unspecified atom stereocenters. The molecule has 0 bridgehead atoms. The minimum Gasteiger partial charge on any atom is -0.398 e. The molecule has 0 atom stereocenters. The van der Waals surface area contributed by atoms with Gasteiger partial charge in [-0.25, -0.2) is 13.5 Å². The zero-order valence-corrected chi connectivity index (χ0v) is 16.1. The first kappa shape index (κ1) is 19.8. The van der Waals surface area contributed by atoms with Crippen molar-refractivity contribution in [3.63, 3.8) is 0 Å². The van der Waals surface area contributed by atoms with Crippen LogP contribution in [0, 0.1) is 0 Å². The smallest absolute Gasteiger partial charge is 0.398 e. The second-order valence-corrected chi connectivity index (χ2v) is 8.47. The number of sulfone groups is 1. The largest absolute Gasteiger partial charge is 0.417 e. The molecule has 0 saturated heterocycles. The van der Waals surface area contributed by atoms with Crippen LogP contribution in [-0.4, -0.2) is 40.3 Å². The number of alkyl halides is 3. The molecule has 4 aromatic rings. The molecule has 0 aliphatic rings. The van der Waals surface area contributed by atoms with Crippen molar-refractivity contribution in [2.24, 2.45) is 0 Å². The number of H-pyrrole nitrogens is 1. The van der Waals surface area contributed by atoms with E-state index in [1.165, 1.54) is 12.3 Å². The van der Waals surface area contributed by atoms with Gasteiger partial charge in [0.2, 0.25) is 0 Å². The fourth-order valence-corrected chi connectivity index (χ4v) is 4.43. The molecular weight excluding hydrogens is 421 g/mol. The highest BCUT2D eigenvalue weighted by atomic mass is 32.2. The summed E-state index contributed by atoms with van der Waals surface area (Å²) in [4.78, 5) is 3.28. The molecule has 0 fully saturated rings. The summed E-state index contributed by atoms with van der Waals surface area (Å²) in [5.41, 5.74) is 6.02. The van der Waals surface area contributed by atoms with E-state index in [9.17, 15) is 21.6 Å². The zero-order valence-electron chi connectivity index (χ0n) is 15.3. The summed E-state index contributed by atoms with van der Waals surface area (Å²) in [5.74, 6) is -0.212. The van der Waals surface area contributed by atoms with Crippen LogP contribution in [-0.2, 0) is 16.0 Å². The minimum atomic E-state index is -4.91. The van der Waals surface area contributed by atoms with Gasteiger partial charge in [-0.05, 0) is 45.8 Å². The maximum atomic E-state index is 13.6. The third kappa shape index (κ3) is 3.34. The highest BCUT2D eigenvalue weighted by Crippen LogP contribution is 2.43. The summed E-state index contributed by atoms with van der Waals surface area (Å²) < 4.78 is 65.8. The van der Waals surface area contributed by atoms with Gasteiger partial charge in [-0.2, -0.15) is 13.2 Å². The maximum absolute atomic E-state index is 13.6. The van der Waals surface area contributed by atoms with Crippen molar-refractivity contribution in [3.8, 4) is 22.5 Å². The van der Waals surface area contributed by atoms with Crippen molar-refractivity contribution in [2.75, 3.05) is 12.0 Å². The van der Waals surface area contributed by atoms with Crippen LogP contribution in [0.2, 0.25) is 0 Å². The Kier molecular flexibility index (Phi) is 4.45. The van der Waals surface area contributed by atoms with Crippen LogP contribution >= 0.6 is 0 Å². The van der Waals surface area contributed by atoms with E-state index in [0.717, 1.165) is 6.07 Å². The lowest BCUT2D eigenvalue weighted by Crippen LogP contribution is -2.15. The highest BCUT2D eigenvalue weighted by molar-refractivity contribution is 7.91. The average molecular weight is 434 g/mol. The van der Waals surface area contributed by atoms with Crippen LogP contribution in [0.25, 0.3) is 33.4 Å². The van der Waals surface area contributed by atoms with E-state index in [4.69, 9.17) is 5.73 Å². The zero-order chi connectivity index (χ0) is 21.7. The molecule has 0 saturated carbocycles. The monoisotopic (exact) mass is 434 g/mol. The van der Waals surface area contributed by atoms with Crippen LogP contribution in [0.1, 0.15) is 5.56 Å². The normalized spacial score (nSPS) is 12.4. The van der Waals surface area contributed by atoms with Crippen molar-refractivity contribution in [1.29, 1.82) is 0 Å². The molecule has 2 aromatic heterocycles. The second kappa shape index (κ2) is 6.76. The standard InChI is InChI=1S/C18H13F3N6O2S/c1-30(28,29)16-12(18(19,20)21)4-3-10(15(16)17-24-26-27-25-17)9-2-5-14-11(8-9)13(22)6-7-23-14/h2-8H,1H3,(H2,22,23)(H,24,25,26,27). The summed E-state index contributed by atoms with van der Waals surface area (Å²) in [6.07, 6.45) is -2.67. The third-order valence-electron chi connectivity index (χ3n) is 4.50. The molecule has 30 heavy (non-hydrogen) atoms. The van der Waals surface area contributed by atoms with Crippen LogP contribution < -0.4 is 5.73 Å². The Balaban J connectivity index is 2.13. The fraction of sp³-hybridized carbons (Fsp3) is 0.111. The van der Waals surface area contributed by atoms with Gasteiger partial charge in [0.25, 0.3) is 0 Å². The second-order valence-electron chi connectivity index (χ2n) is 6.52. The van der Waals surface area contributed by atoms with Gasteiger partial charge >= 0.3 is 6.18 Å². The number of hydrogen-bond acceptors (Lipinski definition) is 7. The first-order chi connectivity index (χ1) is 14.1. The summed E-state index contributed by atoms with van der Waals surface area (Å²) in [5, 5.41) is 13.4. The SMILES string of the molecule is CS(=O)(=O)c1c(C(F)(F)F)ccc(-c2ccc3nccc(N)c3c2)c1-c1nnn[nH]1. The number of hydrogen-bond donors (Lipinski definition) is 2. The number of anilines is 1. The van der Waals surface area contributed by atoms with E-state index in [0.29, 0.717) is 28.4 Å². The van der Waals surface area contributed by atoms with Crippen molar-refractivity contribution >= 4 is 26.4 Å². The van der Waals surface area contributed by atoms with Crippen molar-refractivity contribution in [2.45, 2.75) is 11.1 Å². The number of nitrogens with zero attached hydrogens (tertiary/aromatic N) is 4. The molecule has 0 amide bonds. The topological polar surface area (TPSA) is 128 Å². The maximum Gasteiger partial charge on any atom is 0.417 e. The number of tetrazole rings is 1. The van der Waals surface area contributed by atoms with Crippen molar-refractivity contribution < 1.29 is 21.6 Å². The van der Waals surface area contributed by atoms with E-state index in [1.54, 1.807) is 24.3 Å². The number of aromatic amines is 1. The molecule has 0 aliphatic carbocycles. The van der Waals surface area contributed by atoms with E-state index >= 15 is 0 Å². The third-order valence-corrected chi connectivity index (χ3v) is 5.67. The molecule has 12 heteroatoms. The predicted octanol–water partition coefficient (Wildman–Crippen LogP) is 3.09. The Morgan fingerprint density at radius 3 is 2.50 bits per heavy atom. The van der Waals surface area contributed by atoms with Crippen LogP contribution in [0.3, 0.4) is 0 Å². The molecule has 2 heterocycles. The predicted molar refractivity (Wildman–Crippen MR) is 103 cm³/mol. The molecule has 4 rings (SSSR count). The van der Waals surface area contributed by atoms with Crippen LogP contribution in [0.5, 0.6) is 0 Å². The number of pyridine rings is 1. The Bertz CT molecular complexity index is 1370. The average Bonchev–Trinajstić information content (AvgIpc) is 3.20. The Hall–Kier alpha value is -3.54. The number of nitrogens with two attached hydrogens (primary N) is 1. The quantitative estimate of drug-likeness (QED) is 0.507. The van der Waals surface area contributed by atoms with Gasteiger partial charge < -0.3 is 5.73 Å². The van der Waals surface area contributed by atoms with Crippen molar-refractivity contribution in [1.82, 2.24) is 25.6 Å². The number of nitrogen functional groups attached to an aromatic ring is 1. The first-order valence-electron chi connectivity index (χ1n) is 8.40. The number of benzene rings is 2. The lowest BCUT2D eigenvalue weighted by Gasteiger charge is -2.18. The van der Waals surface area contributed by atoms with Gasteiger partial charge in [-0.3, -0.25) is 4.98 Å². The number of fused-ring (bicyclic) bond motifs is 1. The van der Waals surface area contributed by atoms with Gasteiger partial charge in [-0.1, -0.05) is 12.1 Å². The molecule has 0 radical (unpaired) electrons. The lowest BCUT2D eigenvalue weighted by atomic mass is 9.95. The number of halogens is 3. The van der Waals surface area contributed by atoms with E-state index in [2.05, 4.69) is 25.6 Å². The number of aromatic nitrogens is 5. The fourth-order valence-electron chi connectivity index (χ4n) is 3.27. The van der Waals surface area contributed by atoms with Crippen LogP contribution in [0.15, 0.2) is 47.5 Å². The van der Waals surface area contributed by atoms with Gasteiger partial charge in [0.15, 0.2) is 15.7 Å². The van der Waals surface area contributed by atoms with E-state index < -0.39 is 26.5 Å². The molecule has 0 spiro atoms.